The van der Waals surface area contributed by atoms with Crippen LogP contribution in [0.4, 0.5) is 4.39 Å². The predicted molar refractivity (Wildman–Crippen MR) is 87.6 cm³/mol. The van der Waals surface area contributed by atoms with Gasteiger partial charge in [0.15, 0.2) is 0 Å². The smallest absolute Gasteiger partial charge is 0.366 e. The summed E-state index contributed by atoms with van der Waals surface area (Å²) in [5.74, 6) is -2.63. The highest BCUT2D eigenvalue weighted by molar-refractivity contribution is 7.53. The Hall–Kier alpha value is -1.53. The van der Waals surface area contributed by atoms with E-state index in [0.29, 0.717) is 10.3 Å². The first-order valence-electron chi connectivity index (χ1n) is 6.81. The highest BCUT2D eigenvalue weighted by atomic mass is 32.1. The second-order valence-corrected chi connectivity index (χ2v) is 7.54. The summed E-state index contributed by atoms with van der Waals surface area (Å²) >= 11 is 1.20. The molecule has 2 rings (SSSR count). The van der Waals surface area contributed by atoms with E-state index >= 15 is 0 Å². The first-order chi connectivity index (χ1) is 10.9. The number of benzene rings is 1. The van der Waals surface area contributed by atoms with Crippen LogP contribution in [0.3, 0.4) is 0 Å². The lowest BCUT2D eigenvalue weighted by atomic mass is 10.2. The normalized spacial score (nSPS) is 15.1. The van der Waals surface area contributed by atoms with Gasteiger partial charge in [-0.1, -0.05) is 18.7 Å². The Morgan fingerprint density at radius 1 is 1.52 bits per heavy atom. The molecule has 8 heteroatoms. The van der Waals surface area contributed by atoms with Crippen molar-refractivity contribution in [3.8, 4) is 0 Å². The number of ether oxygens (including phenoxy) is 1. The lowest BCUT2D eigenvalue weighted by Crippen LogP contribution is -2.02. The zero-order valence-corrected chi connectivity index (χ0v) is 14.1. The third-order valence-electron chi connectivity index (χ3n) is 2.95. The summed E-state index contributed by atoms with van der Waals surface area (Å²) in [7, 11) is -4.38. The molecule has 0 radical (unpaired) electrons. The van der Waals surface area contributed by atoms with Crippen molar-refractivity contribution in [2.75, 3.05) is 13.2 Å². The first kappa shape index (κ1) is 17.8. The molecule has 0 aliphatic heterocycles. The third-order valence-corrected chi connectivity index (χ3v) is 5.54. The Morgan fingerprint density at radius 2 is 2.26 bits per heavy atom. The van der Waals surface area contributed by atoms with Crippen molar-refractivity contribution in [2.45, 2.75) is 12.8 Å². The standard InChI is InChI=1S/C15H16FO5PS/c1-3-7-20-15(17)13-9-11-8-10(5-6-12(11)23-13)14(16)22(18,19)21-4-2/h3,5-6,8-9,14H,1,4,7H2,2H3,(H,18,19). The molecule has 1 heterocycles. The number of thiophene rings is 1. The van der Waals surface area contributed by atoms with Crippen LogP contribution in [0, 0.1) is 0 Å². The molecule has 0 amide bonds. The molecular formula is C15H16FO5PS. The number of fused-ring (bicyclic) bond motifs is 1. The fourth-order valence-electron chi connectivity index (χ4n) is 1.96. The third kappa shape index (κ3) is 4.06. The molecule has 0 aliphatic rings. The maximum absolute atomic E-state index is 14.2. The van der Waals surface area contributed by atoms with Gasteiger partial charge in [-0.3, -0.25) is 4.57 Å². The van der Waals surface area contributed by atoms with Crippen molar-refractivity contribution in [2.24, 2.45) is 0 Å². The average Bonchev–Trinajstić information content (AvgIpc) is 2.94. The highest BCUT2D eigenvalue weighted by Gasteiger charge is 2.34. The van der Waals surface area contributed by atoms with Crippen LogP contribution in [0.1, 0.15) is 28.1 Å². The van der Waals surface area contributed by atoms with Crippen LogP contribution in [0.25, 0.3) is 10.1 Å². The van der Waals surface area contributed by atoms with E-state index in [9.17, 15) is 18.6 Å². The summed E-state index contributed by atoms with van der Waals surface area (Å²) in [4.78, 5) is 21.7. The maximum Gasteiger partial charge on any atom is 0.366 e. The van der Waals surface area contributed by atoms with Crippen molar-refractivity contribution < 1.29 is 27.9 Å². The minimum atomic E-state index is -4.38. The second-order valence-electron chi connectivity index (χ2n) is 4.61. The molecule has 0 aliphatic carbocycles. The van der Waals surface area contributed by atoms with Gasteiger partial charge in [-0.25, -0.2) is 9.18 Å². The molecule has 5 nitrogen and oxygen atoms in total. The Morgan fingerprint density at radius 3 is 2.91 bits per heavy atom. The average molecular weight is 358 g/mol. The number of hydrogen-bond donors (Lipinski definition) is 1. The zero-order valence-electron chi connectivity index (χ0n) is 12.4. The predicted octanol–water partition coefficient (Wildman–Crippen LogP) is 4.43. The topological polar surface area (TPSA) is 72.8 Å². The number of alkyl halides is 1. The lowest BCUT2D eigenvalue weighted by Gasteiger charge is -2.15. The number of carbonyl (C=O) groups is 1. The summed E-state index contributed by atoms with van der Waals surface area (Å²) < 4.78 is 36.3. The van der Waals surface area contributed by atoms with Crippen LogP contribution >= 0.6 is 18.9 Å². The van der Waals surface area contributed by atoms with Crippen molar-refractivity contribution in [3.63, 3.8) is 0 Å². The van der Waals surface area contributed by atoms with Gasteiger partial charge in [0.25, 0.3) is 0 Å². The van der Waals surface area contributed by atoms with Crippen molar-refractivity contribution in [3.05, 3.63) is 47.4 Å². The molecule has 1 N–H and O–H groups in total. The molecule has 0 fully saturated rings. The van der Waals surface area contributed by atoms with Crippen molar-refractivity contribution in [1.82, 2.24) is 0 Å². The van der Waals surface area contributed by atoms with Crippen LogP contribution in [-0.2, 0) is 13.8 Å². The van der Waals surface area contributed by atoms with E-state index in [-0.39, 0.29) is 18.8 Å². The molecule has 0 spiro atoms. The van der Waals surface area contributed by atoms with Gasteiger partial charge in [-0.05, 0) is 36.1 Å². The molecular weight excluding hydrogens is 342 g/mol. The number of hydrogen-bond acceptors (Lipinski definition) is 5. The molecule has 1 aromatic heterocycles. The fraction of sp³-hybridized carbons (Fsp3) is 0.267. The first-order valence-corrected chi connectivity index (χ1v) is 9.28. The molecule has 0 bridgehead atoms. The number of rotatable bonds is 7. The minimum absolute atomic E-state index is 0.0283. The van der Waals surface area contributed by atoms with E-state index in [0.717, 1.165) is 4.70 Å². The van der Waals surface area contributed by atoms with E-state index in [2.05, 4.69) is 11.1 Å². The van der Waals surface area contributed by atoms with Gasteiger partial charge in [0.2, 0.25) is 5.91 Å². The summed E-state index contributed by atoms with van der Waals surface area (Å²) in [6, 6.07) is 6.00. The van der Waals surface area contributed by atoms with Gasteiger partial charge in [-0.15, -0.1) is 11.3 Å². The van der Waals surface area contributed by atoms with Crippen molar-refractivity contribution >= 4 is 35.0 Å². The van der Waals surface area contributed by atoms with Gasteiger partial charge in [0.05, 0.1) is 6.61 Å². The van der Waals surface area contributed by atoms with Gasteiger partial charge in [-0.2, -0.15) is 0 Å². The quantitative estimate of drug-likeness (QED) is 0.450. The van der Waals surface area contributed by atoms with Crippen LogP contribution in [-0.4, -0.2) is 24.1 Å². The molecule has 2 atom stereocenters. The van der Waals surface area contributed by atoms with Gasteiger partial charge in [0, 0.05) is 4.70 Å². The summed E-state index contributed by atoms with van der Waals surface area (Å²) in [6.07, 6.45) is 1.46. The molecule has 1 aromatic carbocycles. The van der Waals surface area contributed by atoms with Crippen LogP contribution in [0.2, 0.25) is 0 Å². The van der Waals surface area contributed by atoms with E-state index in [1.165, 1.54) is 36.5 Å². The van der Waals surface area contributed by atoms with E-state index in [1.807, 2.05) is 0 Å². The van der Waals surface area contributed by atoms with E-state index in [4.69, 9.17) is 4.74 Å². The maximum atomic E-state index is 14.2. The molecule has 2 unspecified atom stereocenters. The van der Waals surface area contributed by atoms with Gasteiger partial charge < -0.3 is 14.2 Å². The van der Waals surface area contributed by atoms with E-state index < -0.39 is 19.5 Å². The lowest BCUT2D eigenvalue weighted by molar-refractivity contribution is 0.0555. The number of halogens is 1. The highest BCUT2D eigenvalue weighted by Crippen LogP contribution is 2.57. The fourth-order valence-corrected chi connectivity index (χ4v) is 3.93. The summed E-state index contributed by atoms with van der Waals surface area (Å²) in [5, 5.41) is 0.595. The molecule has 2 aromatic rings. The monoisotopic (exact) mass is 358 g/mol. The second kappa shape index (κ2) is 7.36. The molecule has 23 heavy (non-hydrogen) atoms. The summed E-state index contributed by atoms with van der Waals surface area (Å²) in [6.45, 7) is 5.02. The number of carbonyl (C=O) groups excluding carboxylic acids is 1. The Kier molecular flexibility index (Phi) is 5.70. The van der Waals surface area contributed by atoms with E-state index in [1.54, 1.807) is 12.1 Å². The SMILES string of the molecule is C=CCOC(=O)c1cc2cc(C(F)P(=O)(O)OCC)ccc2s1. The largest absolute Gasteiger partial charge is 0.457 e. The molecule has 0 saturated heterocycles. The Balaban J connectivity index is 2.30. The Labute approximate surface area is 136 Å². The zero-order chi connectivity index (χ0) is 17.0. The Bertz CT molecular complexity index is 772. The van der Waals surface area contributed by atoms with Crippen LogP contribution < -0.4 is 0 Å². The van der Waals surface area contributed by atoms with Crippen LogP contribution in [0.15, 0.2) is 36.9 Å². The summed E-state index contributed by atoms with van der Waals surface area (Å²) in [5.41, 5.74) is 0.0283. The van der Waals surface area contributed by atoms with Gasteiger partial charge >= 0.3 is 13.6 Å². The molecule has 124 valence electrons. The molecule has 0 saturated carbocycles. The van der Waals surface area contributed by atoms with Gasteiger partial charge in [0.1, 0.15) is 11.5 Å². The number of esters is 1. The van der Waals surface area contributed by atoms with Crippen molar-refractivity contribution in [1.29, 1.82) is 0 Å². The minimum Gasteiger partial charge on any atom is -0.457 e. The van der Waals surface area contributed by atoms with Crippen LogP contribution in [0.5, 0.6) is 0 Å².